The summed E-state index contributed by atoms with van der Waals surface area (Å²) in [5.74, 6) is 0.00111. The number of rotatable bonds is 3. The molecule has 0 fully saturated rings. The van der Waals surface area contributed by atoms with Gasteiger partial charge in [0.1, 0.15) is 5.75 Å². The maximum Gasteiger partial charge on any atom is 0.255 e. The lowest BCUT2D eigenvalue weighted by atomic mass is 10.1. The standard InChI is InChI=1S/C16H18N2O2/c1-10-3-8-14(11(2)15(10)19)18-16(20)13-6-4-12(9-17)5-7-13/h3-8,19H,9,17H2,1-2H3,(H,18,20). The zero-order valence-electron chi connectivity index (χ0n) is 11.6. The molecule has 0 spiro atoms. The van der Waals surface area contributed by atoms with Crippen molar-refractivity contribution in [1.82, 2.24) is 0 Å². The smallest absolute Gasteiger partial charge is 0.255 e. The molecule has 0 bridgehead atoms. The van der Waals surface area contributed by atoms with Crippen LogP contribution in [0.5, 0.6) is 5.75 Å². The zero-order chi connectivity index (χ0) is 14.7. The van der Waals surface area contributed by atoms with Crippen LogP contribution in [0.2, 0.25) is 0 Å². The number of aryl methyl sites for hydroxylation is 1. The van der Waals surface area contributed by atoms with Crippen molar-refractivity contribution in [2.45, 2.75) is 20.4 Å². The second-order valence-corrected chi connectivity index (χ2v) is 4.76. The molecule has 2 rings (SSSR count). The molecule has 2 aromatic rings. The Balaban J connectivity index is 2.21. The van der Waals surface area contributed by atoms with E-state index in [1.807, 2.05) is 19.1 Å². The summed E-state index contributed by atoms with van der Waals surface area (Å²) in [6.45, 7) is 4.04. The number of aromatic hydroxyl groups is 1. The van der Waals surface area contributed by atoms with Crippen LogP contribution in [-0.4, -0.2) is 11.0 Å². The molecule has 0 heterocycles. The molecule has 20 heavy (non-hydrogen) atoms. The largest absolute Gasteiger partial charge is 0.507 e. The minimum atomic E-state index is -0.208. The Hall–Kier alpha value is -2.33. The maximum absolute atomic E-state index is 12.1. The van der Waals surface area contributed by atoms with Gasteiger partial charge in [-0.25, -0.2) is 0 Å². The van der Waals surface area contributed by atoms with Crippen molar-refractivity contribution in [2.75, 3.05) is 5.32 Å². The van der Waals surface area contributed by atoms with E-state index in [0.717, 1.165) is 11.1 Å². The van der Waals surface area contributed by atoms with Gasteiger partial charge in [-0.2, -0.15) is 0 Å². The Morgan fingerprint density at radius 2 is 1.80 bits per heavy atom. The quantitative estimate of drug-likeness (QED) is 0.802. The lowest BCUT2D eigenvalue weighted by Gasteiger charge is -2.11. The number of phenolic OH excluding ortho intramolecular Hbond substituents is 1. The molecule has 1 amide bonds. The molecule has 0 saturated heterocycles. The van der Waals surface area contributed by atoms with Gasteiger partial charge in [-0.1, -0.05) is 18.2 Å². The molecule has 2 aromatic carbocycles. The van der Waals surface area contributed by atoms with E-state index in [1.54, 1.807) is 31.2 Å². The van der Waals surface area contributed by atoms with Gasteiger partial charge in [-0.3, -0.25) is 4.79 Å². The molecule has 4 heteroatoms. The minimum absolute atomic E-state index is 0.208. The van der Waals surface area contributed by atoms with Crippen LogP contribution in [0.1, 0.15) is 27.0 Å². The van der Waals surface area contributed by atoms with Crippen molar-refractivity contribution < 1.29 is 9.90 Å². The van der Waals surface area contributed by atoms with E-state index in [4.69, 9.17) is 5.73 Å². The van der Waals surface area contributed by atoms with E-state index in [-0.39, 0.29) is 11.7 Å². The Bertz CT molecular complexity index is 634. The predicted octanol–water partition coefficient (Wildman–Crippen LogP) is 2.72. The van der Waals surface area contributed by atoms with Crippen LogP contribution in [0.3, 0.4) is 0 Å². The van der Waals surface area contributed by atoms with Crippen LogP contribution in [0.4, 0.5) is 5.69 Å². The number of carbonyl (C=O) groups excluding carboxylic acids is 1. The highest BCUT2D eigenvalue weighted by atomic mass is 16.3. The highest BCUT2D eigenvalue weighted by Crippen LogP contribution is 2.28. The van der Waals surface area contributed by atoms with E-state index in [9.17, 15) is 9.90 Å². The average Bonchev–Trinajstić information content (AvgIpc) is 2.48. The Morgan fingerprint density at radius 3 is 2.40 bits per heavy atom. The second-order valence-electron chi connectivity index (χ2n) is 4.76. The van der Waals surface area contributed by atoms with Gasteiger partial charge in [-0.15, -0.1) is 0 Å². The van der Waals surface area contributed by atoms with E-state index < -0.39 is 0 Å². The molecular formula is C16H18N2O2. The SMILES string of the molecule is Cc1ccc(NC(=O)c2ccc(CN)cc2)c(C)c1O. The van der Waals surface area contributed by atoms with Crippen LogP contribution < -0.4 is 11.1 Å². The van der Waals surface area contributed by atoms with Crippen molar-refractivity contribution in [1.29, 1.82) is 0 Å². The first-order valence-corrected chi connectivity index (χ1v) is 6.42. The number of anilines is 1. The summed E-state index contributed by atoms with van der Waals surface area (Å²) in [5.41, 5.74) is 9.12. The van der Waals surface area contributed by atoms with Crippen LogP contribution in [-0.2, 0) is 6.54 Å². The number of carbonyl (C=O) groups is 1. The number of nitrogens with one attached hydrogen (secondary N) is 1. The Morgan fingerprint density at radius 1 is 1.15 bits per heavy atom. The maximum atomic E-state index is 12.1. The number of benzene rings is 2. The fourth-order valence-electron chi connectivity index (χ4n) is 1.96. The average molecular weight is 270 g/mol. The van der Waals surface area contributed by atoms with Crippen molar-refractivity contribution >= 4 is 11.6 Å². The molecule has 0 aromatic heterocycles. The Kier molecular flexibility index (Phi) is 4.05. The summed E-state index contributed by atoms with van der Waals surface area (Å²) >= 11 is 0. The third-order valence-corrected chi connectivity index (χ3v) is 3.33. The second kappa shape index (κ2) is 5.75. The third-order valence-electron chi connectivity index (χ3n) is 3.33. The third kappa shape index (κ3) is 2.81. The highest BCUT2D eigenvalue weighted by molar-refractivity contribution is 6.04. The van der Waals surface area contributed by atoms with E-state index in [1.165, 1.54) is 0 Å². The molecule has 0 aliphatic carbocycles. The number of hydrogen-bond acceptors (Lipinski definition) is 3. The first-order chi connectivity index (χ1) is 9.52. The normalized spacial score (nSPS) is 10.3. The van der Waals surface area contributed by atoms with Crippen molar-refractivity contribution in [3.8, 4) is 5.75 Å². The molecule has 0 unspecified atom stereocenters. The zero-order valence-corrected chi connectivity index (χ0v) is 11.6. The van der Waals surface area contributed by atoms with E-state index >= 15 is 0 Å². The van der Waals surface area contributed by atoms with Gasteiger partial charge in [0.15, 0.2) is 0 Å². The number of phenols is 1. The number of nitrogens with two attached hydrogens (primary N) is 1. The first kappa shape index (κ1) is 14.1. The van der Waals surface area contributed by atoms with Crippen molar-refractivity contribution in [2.24, 2.45) is 5.73 Å². The van der Waals surface area contributed by atoms with E-state index in [2.05, 4.69) is 5.32 Å². The molecule has 104 valence electrons. The van der Waals surface area contributed by atoms with Crippen LogP contribution in [0.25, 0.3) is 0 Å². The molecule has 0 saturated carbocycles. The van der Waals surface area contributed by atoms with E-state index in [0.29, 0.717) is 23.4 Å². The Labute approximate surface area is 118 Å². The summed E-state index contributed by atoms with van der Waals surface area (Å²) in [6, 6.07) is 10.7. The summed E-state index contributed by atoms with van der Waals surface area (Å²) in [4.78, 5) is 12.1. The summed E-state index contributed by atoms with van der Waals surface area (Å²) in [7, 11) is 0. The van der Waals surface area contributed by atoms with Gasteiger partial charge in [0.25, 0.3) is 5.91 Å². The molecule has 0 radical (unpaired) electrons. The highest BCUT2D eigenvalue weighted by Gasteiger charge is 2.10. The molecule has 4 N–H and O–H groups in total. The van der Waals surface area contributed by atoms with Crippen LogP contribution in [0.15, 0.2) is 36.4 Å². The fraction of sp³-hybridized carbons (Fsp3) is 0.188. The lowest BCUT2D eigenvalue weighted by Crippen LogP contribution is -2.13. The molecule has 0 aliphatic rings. The topological polar surface area (TPSA) is 75.4 Å². The first-order valence-electron chi connectivity index (χ1n) is 6.42. The van der Waals surface area contributed by atoms with Gasteiger partial charge in [-0.05, 0) is 43.2 Å². The van der Waals surface area contributed by atoms with Gasteiger partial charge >= 0.3 is 0 Å². The molecule has 0 atom stereocenters. The van der Waals surface area contributed by atoms with Crippen LogP contribution >= 0.6 is 0 Å². The molecular weight excluding hydrogens is 252 g/mol. The molecule has 4 nitrogen and oxygen atoms in total. The summed E-state index contributed by atoms with van der Waals surface area (Å²) in [6.07, 6.45) is 0. The number of amides is 1. The van der Waals surface area contributed by atoms with Crippen LogP contribution in [0, 0.1) is 13.8 Å². The minimum Gasteiger partial charge on any atom is -0.507 e. The molecule has 0 aliphatic heterocycles. The predicted molar refractivity (Wildman–Crippen MR) is 79.9 cm³/mol. The summed E-state index contributed by atoms with van der Waals surface area (Å²) < 4.78 is 0. The van der Waals surface area contributed by atoms with Crippen molar-refractivity contribution in [3.05, 3.63) is 58.7 Å². The van der Waals surface area contributed by atoms with Gasteiger partial charge < -0.3 is 16.2 Å². The lowest BCUT2D eigenvalue weighted by molar-refractivity contribution is 0.102. The monoisotopic (exact) mass is 270 g/mol. The summed E-state index contributed by atoms with van der Waals surface area (Å²) in [5, 5.41) is 12.7. The van der Waals surface area contributed by atoms with Gasteiger partial charge in [0, 0.05) is 23.4 Å². The van der Waals surface area contributed by atoms with Crippen molar-refractivity contribution in [3.63, 3.8) is 0 Å². The number of hydrogen-bond donors (Lipinski definition) is 3. The van der Waals surface area contributed by atoms with Gasteiger partial charge in [0.2, 0.25) is 0 Å². The van der Waals surface area contributed by atoms with Gasteiger partial charge in [0.05, 0.1) is 0 Å². The fourth-order valence-corrected chi connectivity index (χ4v) is 1.96.